The molecule has 1 heterocycles. The molecular weight excluding hydrogens is 354 g/mol. The van der Waals surface area contributed by atoms with Gasteiger partial charge in [-0.3, -0.25) is 4.79 Å². The standard InChI is InChI=1S/C19H20ClN3OS/c1-4-13-7-5-6-12(2)18(13)22-17(24)11-25-19-21-15-10-14(20)8-9-16(15)23(19)3/h5-10H,4,11H2,1-3H3,(H,22,24). The van der Waals surface area contributed by atoms with E-state index in [1.54, 1.807) is 0 Å². The van der Waals surface area contributed by atoms with Gasteiger partial charge in [0.1, 0.15) is 0 Å². The number of hydrogen-bond donors (Lipinski definition) is 1. The van der Waals surface area contributed by atoms with Crippen LogP contribution in [0.3, 0.4) is 0 Å². The van der Waals surface area contributed by atoms with E-state index in [0.717, 1.165) is 39.4 Å². The first kappa shape index (κ1) is 17.8. The predicted octanol–water partition coefficient (Wildman–Crippen LogP) is 4.83. The number of halogens is 1. The van der Waals surface area contributed by atoms with Gasteiger partial charge >= 0.3 is 0 Å². The van der Waals surface area contributed by atoms with E-state index >= 15 is 0 Å². The Morgan fingerprint density at radius 1 is 1.32 bits per heavy atom. The molecule has 130 valence electrons. The molecule has 0 aliphatic carbocycles. The van der Waals surface area contributed by atoms with Crippen LogP contribution in [-0.2, 0) is 18.3 Å². The van der Waals surface area contributed by atoms with E-state index in [2.05, 4.69) is 17.2 Å². The summed E-state index contributed by atoms with van der Waals surface area (Å²) in [6.07, 6.45) is 0.885. The van der Waals surface area contributed by atoms with Crippen LogP contribution in [0.1, 0.15) is 18.1 Å². The van der Waals surface area contributed by atoms with Crippen molar-refractivity contribution in [2.45, 2.75) is 25.4 Å². The summed E-state index contributed by atoms with van der Waals surface area (Å²) in [7, 11) is 1.94. The molecule has 3 aromatic rings. The van der Waals surface area contributed by atoms with Crippen molar-refractivity contribution in [2.24, 2.45) is 7.05 Å². The van der Waals surface area contributed by atoms with Gasteiger partial charge in [0.05, 0.1) is 16.8 Å². The SMILES string of the molecule is CCc1cccc(C)c1NC(=O)CSc1nc2cc(Cl)ccc2n1C. The van der Waals surface area contributed by atoms with Gasteiger partial charge in [0.2, 0.25) is 5.91 Å². The van der Waals surface area contributed by atoms with E-state index in [1.807, 2.05) is 54.9 Å². The Morgan fingerprint density at radius 2 is 2.12 bits per heavy atom. The molecule has 3 rings (SSSR count). The molecule has 1 N–H and O–H groups in total. The lowest BCUT2D eigenvalue weighted by Gasteiger charge is -2.12. The van der Waals surface area contributed by atoms with E-state index in [4.69, 9.17) is 11.6 Å². The molecule has 0 aliphatic rings. The lowest BCUT2D eigenvalue weighted by atomic mass is 10.1. The molecule has 1 aromatic heterocycles. The highest BCUT2D eigenvalue weighted by molar-refractivity contribution is 7.99. The van der Waals surface area contributed by atoms with Gasteiger partial charge in [-0.1, -0.05) is 48.5 Å². The number of carbonyl (C=O) groups is 1. The number of aromatic nitrogens is 2. The number of para-hydroxylation sites is 1. The minimum absolute atomic E-state index is 0.0286. The van der Waals surface area contributed by atoms with Gasteiger partial charge in [0.25, 0.3) is 0 Å². The summed E-state index contributed by atoms with van der Waals surface area (Å²) >= 11 is 7.44. The third-order valence-corrected chi connectivity index (χ3v) is 5.40. The number of nitrogens with zero attached hydrogens (tertiary/aromatic N) is 2. The summed E-state index contributed by atoms with van der Waals surface area (Å²) in [6.45, 7) is 4.10. The van der Waals surface area contributed by atoms with Crippen molar-refractivity contribution in [3.05, 3.63) is 52.5 Å². The molecule has 0 fully saturated rings. The molecule has 0 radical (unpaired) electrons. The van der Waals surface area contributed by atoms with Crippen LogP contribution in [-0.4, -0.2) is 21.2 Å². The molecule has 2 aromatic carbocycles. The highest BCUT2D eigenvalue weighted by Crippen LogP contribution is 2.26. The largest absolute Gasteiger partial charge is 0.325 e. The number of imidazole rings is 1. The Balaban J connectivity index is 1.72. The fourth-order valence-electron chi connectivity index (χ4n) is 2.79. The van der Waals surface area contributed by atoms with Crippen LogP contribution in [0.15, 0.2) is 41.6 Å². The Kier molecular flexibility index (Phi) is 5.35. The second-order valence-electron chi connectivity index (χ2n) is 5.89. The van der Waals surface area contributed by atoms with Crippen molar-refractivity contribution < 1.29 is 4.79 Å². The summed E-state index contributed by atoms with van der Waals surface area (Å²) in [5, 5.41) is 4.50. The molecule has 0 aliphatic heterocycles. The van der Waals surface area contributed by atoms with Gasteiger partial charge in [0, 0.05) is 17.8 Å². The predicted molar refractivity (Wildman–Crippen MR) is 106 cm³/mol. The summed E-state index contributed by atoms with van der Waals surface area (Å²) in [6, 6.07) is 11.7. The number of aryl methyl sites for hydroxylation is 3. The van der Waals surface area contributed by atoms with E-state index < -0.39 is 0 Å². The highest BCUT2D eigenvalue weighted by Gasteiger charge is 2.13. The molecule has 4 nitrogen and oxygen atoms in total. The number of hydrogen-bond acceptors (Lipinski definition) is 3. The second-order valence-corrected chi connectivity index (χ2v) is 7.26. The van der Waals surface area contributed by atoms with Crippen molar-refractivity contribution in [1.29, 1.82) is 0 Å². The Bertz CT molecular complexity index is 936. The van der Waals surface area contributed by atoms with Gasteiger partial charge in [-0.15, -0.1) is 0 Å². The molecule has 0 saturated carbocycles. The van der Waals surface area contributed by atoms with Crippen molar-refractivity contribution in [2.75, 3.05) is 11.1 Å². The number of carbonyl (C=O) groups excluding carboxylic acids is 1. The fourth-order valence-corrected chi connectivity index (χ4v) is 3.74. The van der Waals surface area contributed by atoms with E-state index in [0.29, 0.717) is 10.8 Å². The van der Waals surface area contributed by atoms with Crippen molar-refractivity contribution in [1.82, 2.24) is 9.55 Å². The Labute approximate surface area is 156 Å². The molecule has 0 saturated heterocycles. The first-order valence-electron chi connectivity index (χ1n) is 8.12. The number of benzene rings is 2. The van der Waals surface area contributed by atoms with Gasteiger partial charge in [-0.25, -0.2) is 4.98 Å². The van der Waals surface area contributed by atoms with Gasteiger partial charge < -0.3 is 9.88 Å². The number of nitrogens with one attached hydrogen (secondary N) is 1. The van der Waals surface area contributed by atoms with Crippen molar-refractivity contribution in [3.63, 3.8) is 0 Å². The van der Waals surface area contributed by atoms with Gasteiger partial charge in [-0.2, -0.15) is 0 Å². The van der Waals surface area contributed by atoms with Crippen LogP contribution in [0.25, 0.3) is 11.0 Å². The van der Waals surface area contributed by atoms with Crippen LogP contribution in [0.5, 0.6) is 0 Å². The van der Waals surface area contributed by atoms with Gasteiger partial charge in [-0.05, 0) is 42.7 Å². The van der Waals surface area contributed by atoms with Crippen LogP contribution in [0.4, 0.5) is 5.69 Å². The first-order valence-corrected chi connectivity index (χ1v) is 9.49. The molecular formula is C19H20ClN3OS. The summed E-state index contributed by atoms with van der Waals surface area (Å²) in [5.74, 6) is 0.279. The number of amides is 1. The molecule has 0 unspecified atom stereocenters. The Hall–Kier alpha value is -1.98. The van der Waals surface area contributed by atoms with E-state index in [1.165, 1.54) is 11.8 Å². The molecule has 1 amide bonds. The van der Waals surface area contributed by atoms with Crippen molar-refractivity contribution in [3.8, 4) is 0 Å². The van der Waals surface area contributed by atoms with Gasteiger partial charge in [0.15, 0.2) is 5.16 Å². The minimum Gasteiger partial charge on any atom is -0.325 e. The highest BCUT2D eigenvalue weighted by atomic mass is 35.5. The average Bonchev–Trinajstić information content (AvgIpc) is 2.90. The molecule has 0 spiro atoms. The van der Waals surface area contributed by atoms with E-state index in [9.17, 15) is 4.79 Å². The van der Waals surface area contributed by atoms with Crippen LogP contribution >= 0.6 is 23.4 Å². The number of fused-ring (bicyclic) bond motifs is 1. The maximum Gasteiger partial charge on any atom is 0.234 e. The smallest absolute Gasteiger partial charge is 0.234 e. The average molecular weight is 374 g/mol. The van der Waals surface area contributed by atoms with Crippen LogP contribution in [0.2, 0.25) is 5.02 Å². The molecule has 25 heavy (non-hydrogen) atoms. The summed E-state index contributed by atoms with van der Waals surface area (Å²) < 4.78 is 1.98. The summed E-state index contributed by atoms with van der Waals surface area (Å²) in [4.78, 5) is 17.0. The first-order chi connectivity index (χ1) is 12.0. The minimum atomic E-state index is -0.0286. The second kappa shape index (κ2) is 7.50. The number of rotatable bonds is 5. The normalized spacial score (nSPS) is 11.0. The fraction of sp³-hybridized carbons (Fsp3) is 0.263. The lowest BCUT2D eigenvalue weighted by molar-refractivity contribution is -0.113. The third-order valence-electron chi connectivity index (χ3n) is 4.14. The number of anilines is 1. The zero-order valence-corrected chi connectivity index (χ0v) is 16.0. The summed E-state index contributed by atoms with van der Waals surface area (Å²) in [5.41, 5.74) is 4.99. The van der Waals surface area contributed by atoms with Crippen LogP contribution < -0.4 is 5.32 Å². The zero-order valence-electron chi connectivity index (χ0n) is 14.5. The third kappa shape index (κ3) is 3.83. The van der Waals surface area contributed by atoms with Crippen LogP contribution in [0, 0.1) is 6.92 Å². The van der Waals surface area contributed by atoms with Crippen molar-refractivity contribution >= 4 is 46.0 Å². The molecule has 0 atom stereocenters. The molecule has 6 heteroatoms. The topological polar surface area (TPSA) is 46.9 Å². The zero-order chi connectivity index (χ0) is 18.0. The number of thioether (sulfide) groups is 1. The maximum atomic E-state index is 12.4. The molecule has 0 bridgehead atoms. The van der Waals surface area contributed by atoms with E-state index in [-0.39, 0.29) is 5.91 Å². The quantitative estimate of drug-likeness (QED) is 0.651. The monoisotopic (exact) mass is 373 g/mol. The Morgan fingerprint density at radius 3 is 2.88 bits per heavy atom. The lowest BCUT2D eigenvalue weighted by Crippen LogP contribution is -2.16. The maximum absolute atomic E-state index is 12.4.